The Morgan fingerprint density at radius 3 is 2.39 bits per heavy atom. The Morgan fingerprint density at radius 2 is 1.81 bits per heavy atom. The minimum absolute atomic E-state index is 0.0258. The van der Waals surface area contributed by atoms with E-state index >= 15 is 0 Å². The van der Waals surface area contributed by atoms with Crippen LogP contribution in [0.5, 0.6) is 0 Å². The van der Waals surface area contributed by atoms with Gasteiger partial charge in [0, 0.05) is 31.4 Å². The molecule has 2 aromatic rings. The average Bonchev–Trinajstić information content (AvgIpc) is 2.72. The van der Waals surface area contributed by atoms with E-state index in [2.05, 4.69) is 15.7 Å². The van der Waals surface area contributed by atoms with Gasteiger partial charge in [-0.05, 0) is 24.3 Å². The fourth-order valence-electron chi connectivity index (χ4n) is 2.09. The Bertz CT molecular complexity index is 873. The number of ketones is 1. The number of hydrazine groups is 1. The third-order valence-corrected chi connectivity index (χ3v) is 3.29. The molecule has 168 valence electrons. The zero-order chi connectivity index (χ0) is 23.2. The fourth-order valence-corrected chi connectivity index (χ4v) is 2.09. The molecule has 0 fully saturated rings. The van der Waals surface area contributed by atoms with E-state index in [9.17, 15) is 23.2 Å². The molecule has 0 aliphatic heterocycles. The second-order valence-electron chi connectivity index (χ2n) is 5.77. The Balaban J connectivity index is 0.000000592. The monoisotopic (exact) mass is 439 g/mol. The topological polar surface area (TPSA) is 156 Å². The van der Waals surface area contributed by atoms with Gasteiger partial charge in [-0.15, -0.1) is 0 Å². The van der Waals surface area contributed by atoms with Gasteiger partial charge in [-0.1, -0.05) is 0 Å². The Labute approximate surface area is 176 Å². The van der Waals surface area contributed by atoms with E-state index in [4.69, 9.17) is 15.6 Å². The molecule has 2 rings (SSSR count). The molecule has 12 heteroatoms. The van der Waals surface area contributed by atoms with Crippen LogP contribution in [0.3, 0.4) is 0 Å². The summed E-state index contributed by atoms with van der Waals surface area (Å²) in [6, 6.07) is 4.34. The van der Waals surface area contributed by atoms with Crippen molar-refractivity contribution < 1.29 is 33.0 Å². The number of hydrogen-bond acceptors (Lipinski definition) is 7. The van der Waals surface area contributed by atoms with Crippen molar-refractivity contribution in [1.29, 1.82) is 0 Å². The number of aliphatic hydroxyl groups excluding tert-OH is 1. The number of nitrogens with two attached hydrogens (primary N) is 1. The Morgan fingerprint density at radius 1 is 1.13 bits per heavy atom. The third kappa shape index (κ3) is 9.71. The lowest BCUT2D eigenvalue weighted by molar-refractivity contribution is 0.0924. The van der Waals surface area contributed by atoms with Crippen LogP contribution in [-0.2, 0) is 4.74 Å². The van der Waals surface area contributed by atoms with Crippen molar-refractivity contribution in [2.75, 3.05) is 31.7 Å². The van der Waals surface area contributed by atoms with Crippen LogP contribution in [0.2, 0.25) is 0 Å². The summed E-state index contributed by atoms with van der Waals surface area (Å²) >= 11 is 0. The van der Waals surface area contributed by atoms with Gasteiger partial charge in [-0.25, -0.2) is 19.0 Å². The Hall–Kier alpha value is -3.48. The predicted octanol–water partition coefficient (Wildman–Crippen LogP) is 0.983. The van der Waals surface area contributed by atoms with Crippen molar-refractivity contribution in [1.82, 2.24) is 15.8 Å². The smallest absolute Gasteiger partial charge is 0.337 e. The summed E-state index contributed by atoms with van der Waals surface area (Å²) in [6.45, 7) is 2.80. The molecule has 0 bridgehead atoms. The molecule has 31 heavy (non-hydrogen) atoms. The molecule has 1 heterocycles. The van der Waals surface area contributed by atoms with Gasteiger partial charge in [0.15, 0.2) is 5.78 Å². The molecule has 0 aliphatic carbocycles. The van der Waals surface area contributed by atoms with E-state index < -0.39 is 29.4 Å². The second-order valence-corrected chi connectivity index (χ2v) is 5.77. The summed E-state index contributed by atoms with van der Waals surface area (Å²) in [5.41, 5.74) is 8.91. The lowest BCUT2D eigenvalue weighted by Crippen LogP contribution is -2.44. The van der Waals surface area contributed by atoms with E-state index in [-0.39, 0.29) is 23.6 Å². The average molecular weight is 439 g/mol. The summed E-state index contributed by atoms with van der Waals surface area (Å²) in [4.78, 5) is 38.8. The number of anilines is 1. The van der Waals surface area contributed by atoms with Crippen molar-refractivity contribution in [3.63, 3.8) is 0 Å². The van der Waals surface area contributed by atoms with Crippen molar-refractivity contribution in [3.05, 3.63) is 59.4 Å². The molecule has 1 aromatic heterocycles. The summed E-state index contributed by atoms with van der Waals surface area (Å²) in [6.07, 6.45) is 1.35. The van der Waals surface area contributed by atoms with E-state index in [1.54, 1.807) is 0 Å². The number of ether oxygens (including phenoxy) is 1. The number of urea groups is 1. The number of nitrogens with one attached hydrogen (secondary N) is 3. The number of nitrogens with zero attached hydrogens (tertiary/aromatic N) is 1. The van der Waals surface area contributed by atoms with Gasteiger partial charge in [0.25, 0.3) is 5.91 Å². The summed E-state index contributed by atoms with van der Waals surface area (Å²) in [5.74, 6) is -2.92. The number of aliphatic hydroxyl groups is 1. The molecule has 3 amide bonds. The molecular formula is C19H23F2N5O5. The fraction of sp³-hybridized carbons (Fsp3) is 0.263. The highest BCUT2D eigenvalue weighted by Gasteiger charge is 2.16. The number of aromatic nitrogens is 1. The number of amides is 3. The maximum atomic E-state index is 13.0. The first kappa shape index (κ1) is 25.6. The molecule has 0 radical (unpaired) electrons. The normalized spacial score (nSPS) is 9.84. The van der Waals surface area contributed by atoms with Crippen LogP contribution in [0.25, 0.3) is 0 Å². The summed E-state index contributed by atoms with van der Waals surface area (Å²) in [5, 5.41) is 10.3. The van der Waals surface area contributed by atoms with Crippen LogP contribution in [0, 0.1) is 11.6 Å². The number of hydrogen-bond donors (Lipinski definition) is 5. The highest BCUT2D eigenvalue weighted by atomic mass is 19.1. The number of rotatable bonds is 7. The first-order chi connectivity index (χ1) is 14.8. The molecule has 6 N–H and O–H groups in total. The second kappa shape index (κ2) is 13.7. The van der Waals surface area contributed by atoms with E-state index in [1.807, 2.05) is 5.43 Å². The van der Waals surface area contributed by atoms with Crippen molar-refractivity contribution >= 4 is 23.4 Å². The van der Waals surface area contributed by atoms with Crippen LogP contribution in [0.4, 0.5) is 19.3 Å². The maximum Gasteiger partial charge on any atom is 0.337 e. The van der Waals surface area contributed by atoms with E-state index in [1.165, 1.54) is 25.3 Å². The molecule has 1 aromatic carbocycles. The van der Waals surface area contributed by atoms with E-state index in [0.29, 0.717) is 25.8 Å². The highest BCUT2D eigenvalue weighted by Crippen LogP contribution is 2.12. The van der Waals surface area contributed by atoms with Gasteiger partial charge in [0.05, 0.1) is 25.4 Å². The lowest BCUT2D eigenvalue weighted by atomic mass is 10.1. The Kier molecular flexibility index (Phi) is 11.3. The quantitative estimate of drug-likeness (QED) is 0.245. The number of carbonyl (C=O) groups excluding carboxylic acids is 3. The predicted molar refractivity (Wildman–Crippen MR) is 107 cm³/mol. The van der Waals surface area contributed by atoms with Crippen molar-refractivity contribution in [2.45, 2.75) is 6.92 Å². The first-order valence-corrected chi connectivity index (χ1v) is 8.96. The van der Waals surface area contributed by atoms with Gasteiger partial charge in [-0.2, -0.15) is 0 Å². The molecule has 10 nitrogen and oxygen atoms in total. The minimum atomic E-state index is -0.929. The zero-order valence-corrected chi connectivity index (χ0v) is 16.7. The first-order valence-electron chi connectivity index (χ1n) is 8.96. The number of pyridine rings is 1. The van der Waals surface area contributed by atoms with Crippen LogP contribution in [-0.4, -0.2) is 54.2 Å². The number of Topliss-reactive ketones (excluding diaryl/α,β-unsaturated/α-hetero) is 1. The maximum absolute atomic E-state index is 13.0. The largest absolute Gasteiger partial charge is 0.394 e. The van der Waals surface area contributed by atoms with Crippen molar-refractivity contribution in [3.8, 4) is 0 Å². The molecule has 0 unspecified atom stereocenters. The van der Waals surface area contributed by atoms with Gasteiger partial charge < -0.3 is 20.9 Å². The van der Waals surface area contributed by atoms with Gasteiger partial charge >= 0.3 is 6.03 Å². The lowest BCUT2D eigenvalue weighted by Gasteiger charge is -2.10. The molecular weight excluding hydrogens is 416 g/mol. The summed E-state index contributed by atoms with van der Waals surface area (Å²) < 4.78 is 30.8. The zero-order valence-electron chi connectivity index (χ0n) is 16.7. The molecule has 0 aliphatic rings. The summed E-state index contributed by atoms with van der Waals surface area (Å²) in [7, 11) is 0. The van der Waals surface area contributed by atoms with Crippen molar-refractivity contribution in [2.24, 2.45) is 5.73 Å². The third-order valence-electron chi connectivity index (χ3n) is 3.29. The van der Waals surface area contributed by atoms with Crippen LogP contribution >= 0.6 is 0 Å². The standard InChI is InChI=1S/C15H12F2N4O3.C4H11NO2/c1-8(22)13-12(3-2-4-18-13)14(23)20-21-15(24)19-11-6-9(16)5-10(17)7-11;5-1-3-7-4-2-6/h2-7H,1H3,(H,20,23)(H2,19,21,24);6H,1-5H2. The molecule has 0 saturated carbocycles. The van der Waals surface area contributed by atoms with Crippen LogP contribution < -0.4 is 21.9 Å². The molecule has 0 atom stereocenters. The SMILES string of the molecule is CC(=O)c1ncccc1C(=O)NNC(=O)Nc1cc(F)cc(F)c1.NCCOCCO. The number of carbonyl (C=O) groups is 3. The van der Waals surface area contributed by atoms with Crippen LogP contribution in [0.15, 0.2) is 36.5 Å². The van der Waals surface area contributed by atoms with Gasteiger partial charge in [0.2, 0.25) is 0 Å². The number of benzene rings is 1. The highest BCUT2D eigenvalue weighted by molar-refractivity contribution is 6.06. The van der Waals surface area contributed by atoms with E-state index in [0.717, 1.165) is 12.1 Å². The van der Waals surface area contributed by atoms with Gasteiger partial charge in [-0.3, -0.25) is 20.0 Å². The van der Waals surface area contributed by atoms with Gasteiger partial charge in [0.1, 0.15) is 17.3 Å². The number of halogens is 2. The molecule has 0 spiro atoms. The van der Waals surface area contributed by atoms with Crippen LogP contribution in [0.1, 0.15) is 27.8 Å². The minimum Gasteiger partial charge on any atom is -0.394 e. The molecule has 0 saturated heterocycles.